The second-order valence-corrected chi connectivity index (χ2v) is 7.41. The van der Waals surface area contributed by atoms with Crippen molar-refractivity contribution >= 4 is 23.5 Å². The van der Waals surface area contributed by atoms with Gasteiger partial charge in [-0.25, -0.2) is 4.99 Å². The van der Waals surface area contributed by atoms with Crippen LogP contribution in [0.15, 0.2) is 41.7 Å². The predicted molar refractivity (Wildman–Crippen MR) is 98.2 cm³/mol. The largest absolute Gasteiger partial charge is 0.369 e. The van der Waals surface area contributed by atoms with Crippen molar-refractivity contribution in [2.24, 2.45) is 16.6 Å². The van der Waals surface area contributed by atoms with Crippen LogP contribution in [-0.4, -0.2) is 28.8 Å². The lowest BCUT2D eigenvalue weighted by Crippen LogP contribution is -2.43. The fourth-order valence-electron chi connectivity index (χ4n) is 3.96. The molecule has 0 saturated carbocycles. The summed E-state index contributed by atoms with van der Waals surface area (Å²) in [5, 5.41) is 0.581. The highest BCUT2D eigenvalue weighted by Gasteiger charge is 2.51. The number of fused-ring (bicyclic) bond motifs is 2. The van der Waals surface area contributed by atoms with Crippen LogP contribution >= 0.6 is 11.6 Å². The number of guanidine groups is 1. The highest BCUT2D eigenvalue weighted by atomic mass is 35.5. The van der Waals surface area contributed by atoms with Gasteiger partial charge >= 0.3 is 0 Å². The van der Waals surface area contributed by atoms with Gasteiger partial charge in [0.05, 0.1) is 5.02 Å². The molecule has 1 aromatic heterocycles. The number of carbonyl (C=O) groups is 1. The van der Waals surface area contributed by atoms with Gasteiger partial charge in [0.1, 0.15) is 0 Å². The summed E-state index contributed by atoms with van der Waals surface area (Å²) in [7, 11) is 1.68. The second-order valence-electron chi connectivity index (χ2n) is 6.97. The summed E-state index contributed by atoms with van der Waals surface area (Å²) < 4.78 is 0. The zero-order valence-electron chi connectivity index (χ0n) is 14.2. The lowest BCUT2D eigenvalue weighted by Gasteiger charge is -2.35. The molecule has 2 aliphatic rings. The molecule has 128 valence electrons. The summed E-state index contributed by atoms with van der Waals surface area (Å²) in [4.78, 5) is 23.2. The van der Waals surface area contributed by atoms with Gasteiger partial charge in [-0.2, -0.15) is 0 Å². The van der Waals surface area contributed by atoms with Crippen LogP contribution in [0.2, 0.25) is 5.02 Å². The minimum Gasteiger partial charge on any atom is -0.369 e. The van der Waals surface area contributed by atoms with E-state index in [0.717, 1.165) is 28.7 Å². The molecule has 1 aliphatic carbocycles. The van der Waals surface area contributed by atoms with Crippen LogP contribution in [0.5, 0.6) is 0 Å². The number of benzene rings is 1. The molecule has 0 radical (unpaired) electrons. The molecule has 0 fully saturated rings. The number of rotatable bonds is 1. The molecule has 6 heteroatoms. The number of pyridine rings is 1. The van der Waals surface area contributed by atoms with Crippen molar-refractivity contribution in [3.8, 4) is 11.1 Å². The molecule has 2 N–H and O–H groups in total. The Morgan fingerprint density at radius 3 is 2.76 bits per heavy atom. The number of carbonyl (C=O) groups excluding carboxylic acids is 1. The van der Waals surface area contributed by atoms with Gasteiger partial charge in [-0.1, -0.05) is 30.7 Å². The van der Waals surface area contributed by atoms with Crippen LogP contribution in [0.4, 0.5) is 0 Å². The van der Waals surface area contributed by atoms with E-state index in [-0.39, 0.29) is 11.9 Å². The molecule has 0 saturated heterocycles. The maximum absolute atomic E-state index is 13.0. The summed E-state index contributed by atoms with van der Waals surface area (Å²) in [5.41, 5.74) is 9.05. The third-order valence-electron chi connectivity index (χ3n) is 5.11. The molecule has 25 heavy (non-hydrogen) atoms. The van der Waals surface area contributed by atoms with E-state index in [0.29, 0.717) is 17.4 Å². The fourth-order valence-corrected chi connectivity index (χ4v) is 4.13. The zero-order valence-corrected chi connectivity index (χ0v) is 14.9. The van der Waals surface area contributed by atoms with Crippen molar-refractivity contribution in [1.29, 1.82) is 0 Å². The molecule has 4 rings (SSSR count). The number of aromatic nitrogens is 1. The Morgan fingerprint density at radius 2 is 2.08 bits per heavy atom. The Kier molecular flexibility index (Phi) is 3.58. The number of aliphatic imine (C=N–C) groups is 1. The van der Waals surface area contributed by atoms with Crippen molar-refractivity contribution in [3.05, 3.63) is 52.8 Å². The van der Waals surface area contributed by atoms with Crippen LogP contribution < -0.4 is 5.73 Å². The molecular formula is C19H19ClN4O. The summed E-state index contributed by atoms with van der Waals surface area (Å²) in [6, 6.07) is 8.05. The quantitative estimate of drug-likeness (QED) is 0.855. The van der Waals surface area contributed by atoms with E-state index in [4.69, 9.17) is 17.3 Å². The fraction of sp³-hybridized carbons (Fsp3) is 0.316. The number of halogens is 1. The summed E-state index contributed by atoms with van der Waals surface area (Å²) in [6.07, 6.45) is 4.97. The highest BCUT2D eigenvalue weighted by molar-refractivity contribution is 6.30. The number of nitrogens with two attached hydrogens (primary N) is 1. The van der Waals surface area contributed by atoms with Crippen molar-refractivity contribution in [2.75, 3.05) is 7.05 Å². The molecule has 2 unspecified atom stereocenters. The first kappa shape index (κ1) is 16.1. The molecule has 1 aliphatic heterocycles. The van der Waals surface area contributed by atoms with E-state index >= 15 is 0 Å². The molecule has 5 nitrogen and oxygen atoms in total. The van der Waals surface area contributed by atoms with Gasteiger partial charge in [0.25, 0.3) is 5.91 Å². The van der Waals surface area contributed by atoms with Gasteiger partial charge in [-0.3, -0.25) is 14.7 Å². The SMILES string of the molecule is CC1Cc2ccc(-c3cncc(Cl)c3)cc2C2(C1)N=C(N)N(C)C2=O. The maximum Gasteiger partial charge on any atom is 0.261 e. The summed E-state index contributed by atoms with van der Waals surface area (Å²) in [5.74, 6) is 0.581. The molecule has 1 aromatic carbocycles. The predicted octanol–water partition coefficient (Wildman–Crippen LogP) is 2.97. The van der Waals surface area contributed by atoms with Gasteiger partial charge in [-0.15, -0.1) is 0 Å². The second kappa shape index (κ2) is 5.56. The van der Waals surface area contributed by atoms with Crippen molar-refractivity contribution in [1.82, 2.24) is 9.88 Å². The van der Waals surface area contributed by atoms with Crippen LogP contribution in [-0.2, 0) is 16.8 Å². The molecule has 0 bridgehead atoms. The lowest BCUT2D eigenvalue weighted by atomic mass is 9.71. The van der Waals surface area contributed by atoms with Gasteiger partial charge < -0.3 is 5.73 Å². The number of amides is 1. The van der Waals surface area contributed by atoms with Gasteiger partial charge in [-0.05, 0) is 47.6 Å². The van der Waals surface area contributed by atoms with Crippen LogP contribution in [0.1, 0.15) is 24.5 Å². The zero-order chi connectivity index (χ0) is 17.8. The Bertz CT molecular complexity index is 910. The normalized spacial score (nSPS) is 25.2. The smallest absolute Gasteiger partial charge is 0.261 e. The van der Waals surface area contributed by atoms with E-state index in [2.05, 4.69) is 23.0 Å². The number of likely N-dealkylation sites (N-methyl/N-ethyl adjacent to an activating group) is 1. The third-order valence-corrected chi connectivity index (χ3v) is 5.32. The molecule has 2 atom stereocenters. The van der Waals surface area contributed by atoms with E-state index in [9.17, 15) is 4.79 Å². The topological polar surface area (TPSA) is 71.6 Å². The van der Waals surface area contributed by atoms with Gasteiger partial charge in [0.15, 0.2) is 11.5 Å². The Morgan fingerprint density at radius 1 is 1.28 bits per heavy atom. The summed E-state index contributed by atoms with van der Waals surface area (Å²) >= 11 is 6.08. The third kappa shape index (κ3) is 2.42. The Labute approximate surface area is 151 Å². The standard InChI is InChI=1S/C19H19ClN4O/c1-11-5-13-4-3-12(14-6-15(20)10-22-9-14)7-16(13)19(8-11)17(25)24(2)18(21)23-19/h3-4,6-7,9-11H,5,8H2,1-2H3,(H2,21,23). The monoisotopic (exact) mass is 354 g/mol. The molecule has 2 heterocycles. The van der Waals surface area contributed by atoms with Crippen LogP contribution in [0, 0.1) is 5.92 Å². The number of hydrogen-bond acceptors (Lipinski definition) is 4. The molecule has 1 spiro atoms. The molecule has 2 aromatic rings. The van der Waals surface area contributed by atoms with Crippen molar-refractivity contribution < 1.29 is 4.79 Å². The molecule has 1 amide bonds. The first-order valence-electron chi connectivity index (χ1n) is 8.28. The van der Waals surface area contributed by atoms with Gasteiger partial charge in [0, 0.05) is 25.0 Å². The minimum atomic E-state index is -0.909. The molecular weight excluding hydrogens is 336 g/mol. The van der Waals surface area contributed by atoms with Gasteiger partial charge in [0.2, 0.25) is 0 Å². The minimum absolute atomic E-state index is 0.0563. The van der Waals surface area contributed by atoms with E-state index in [1.165, 1.54) is 4.90 Å². The van der Waals surface area contributed by atoms with E-state index < -0.39 is 5.54 Å². The average Bonchev–Trinajstić information content (AvgIpc) is 2.79. The van der Waals surface area contributed by atoms with Crippen molar-refractivity contribution in [3.63, 3.8) is 0 Å². The van der Waals surface area contributed by atoms with E-state index in [1.54, 1.807) is 19.4 Å². The first-order valence-corrected chi connectivity index (χ1v) is 8.66. The van der Waals surface area contributed by atoms with E-state index in [1.807, 2.05) is 18.2 Å². The van der Waals surface area contributed by atoms with Crippen LogP contribution in [0.25, 0.3) is 11.1 Å². The van der Waals surface area contributed by atoms with Crippen molar-refractivity contribution in [2.45, 2.75) is 25.3 Å². The van der Waals surface area contributed by atoms with Crippen LogP contribution in [0.3, 0.4) is 0 Å². The number of nitrogens with zero attached hydrogens (tertiary/aromatic N) is 3. The number of hydrogen-bond donors (Lipinski definition) is 1. The Hall–Kier alpha value is -2.40. The maximum atomic E-state index is 13.0. The lowest BCUT2D eigenvalue weighted by molar-refractivity contribution is -0.131. The highest BCUT2D eigenvalue weighted by Crippen LogP contribution is 2.45. The average molecular weight is 355 g/mol. The first-order chi connectivity index (χ1) is 11.9. The Balaban J connectivity index is 1.91. The summed E-state index contributed by atoms with van der Waals surface area (Å²) in [6.45, 7) is 2.15.